The molecule has 0 fully saturated rings. The van der Waals surface area contributed by atoms with E-state index in [0.29, 0.717) is 5.56 Å². The van der Waals surface area contributed by atoms with Crippen LogP contribution in [0, 0.1) is 0 Å². The molecular formula is C18H20N4O. The Morgan fingerprint density at radius 3 is 2.61 bits per heavy atom. The van der Waals surface area contributed by atoms with Gasteiger partial charge in [-0.15, -0.1) is 0 Å². The van der Waals surface area contributed by atoms with Crippen LogP contribution in [0.2, 0.25) is 0 Å². The van der Waals surface area contributed by atoms with Crippen molar-refractivity contribution in [3.05, 3.63) is 59.7 Å². The van der Waals surface area contributed by atoms with Gasteiger partial charge in [-0.3, -0.25) is 9.79 Å². The van der Waals surface area contributed by atoms with Gasteiger partial charge in [-0.05, 0) is 36.4 Å². The molecule has 0 unspecified atom stereocenters. The molecule has 23 heavy (non-hydrogen) atoms. The van der Waals surface area contributed by atoms with E-state index in [9.17, 15) is 4.79 Å². The molecule has 0 aromatic heterocycles. The predicted molar refractivity (Wildman–Crippen MR) is 94.6 cm³/mol. The van der Waals surface area contributed by atoms with Gasteiger partial charge in [-0.1, -0.05) is 12.1 Å². The molecule has 5 heteroatoms. The van der Waals surface area contributed by atoms with Gasteiger partial charge in [0.05, 0.1) is 6.54 Å². The van der Waals surface area contributed by atoms with E-state index in [-0.39, 0.29) is 5.91 Å². The zero-order valence-corrected chi connectivity index (χ0v) is 13.3. The number of hydrogen-bond acceptors (Lipinski definition) is 4. The van der Waals surface area contributed by atoms with E-state index in [1.165, 1.54) is 0 Å². The van der Waals surface area contributed by atoms with Gasteiger partial charge >= 0.3 is 0 Å². The maximum atomic E-state index is 12.4. The van der Waals surface area contributed by atoms with Crippen LogP contribution in [0.15, 0.2) is 53.5 Å². The predicted octanol–water partition coefficient (Wildman–Crippen LogP) is 2.35. The van der Waals surface area contributed by atoms with E-state index in [1.54, 1.807) is 0 Å². The molecule has 0 bridgehead atoms. The second kappa shape index (κ2) is 6.52. The fourth-order valence-electron chi connectivity index (χ4n) is 2.45. The van der Waals surface area contributed by atoms with E-state index >= 15 is 0 Å². The highest BCUT2D eigenvalue weighted by Gasteiger charge is 2.10. The monoisotopic (exact) mass is 308 g/mol. The van der Waals surface area contributed by atoms with Gasteiger partial charge in [0.2, 0.25) is 0 Å². The van der Waals surface area contributed by atoms with Gasteiger partial charge in [0.15, 0.2) is 0 Å². The number of rotatable bonds is 4. The number of amides is 1. The summed E-state index contributed by atoms with van der Waals surface area (Å²) in [5.74, 6) is 0.769. The van der Waals surface area contributed by atoms with Crippen LogP contribution in [0.1, 0.15) is 15.9 Å². The normalized spacial score (nSPS) is 13.2. The maximum absolute atomic E-state index is 12.4. The van der Waals surface area contributed by atoms with Crippen LogP contribution in [0.4, 0.5) is 11.4 Å². The molecule has 2 aromatic carbocycles. The second-order valence-corrected chi connectivity index (χ2v) is 5.63. The minimum absolute atomic E-state index is 0.117. The van der Waals surface area contributed by atoms with Crippen LogP contribution in [0.5, 0.6) is 0 Å². The summed E-state index contributed by atoms with van der Waals surface area (Å²) in [5, 5.41) is 6.17. The van der Waals surface area contributed by atoms with Crippen molar-refractivity contribution in [2.75, 3.05) is 37.4 Å². The lowest BCUT2D eigenvalue weighted by molar-refractivity contribution is 0.102. The highest BCUT2D eigenvalue weighted by atomic mass is 16.1. The zero-order chi connectivity index (χ0) is 16.2. The molecule has 1 aliphatic heterocycles. The molecule has 5 nitrogen and oxygen atoms in total. The molecule has 0 atom stereocenters. The van der Waals surface area contributed by atoms with Crippen molar-refractivity contribution >= 4 is 23.1 Å². The third-order valence-electron chi connectivity index (χ3n) is 3.71. The summed E-state index contributed by atoms with van der Waals surface area (Å²) in [5.41, 5.74) is 3.45. The van der Waals surface area contributed by atoms with Crippen LogP contribution in [0.3, 0.4) is 0 Å². The van der Waals surface area contributed by atoms with E-state index < -0.39 is 0 Å². The summed E-state index contributed by atoms with van der Waals surface area (Å²) in [6.07, 6.45) is 0. The molecule has 0 saturated heterocycles. The second-order valence-electron chi connectivity index (χ2n) is 5.63. The minimum atomic E-state index is -0.117. The lowest BCUT2D eigenvalue weighted by Gasteiger charge is -2.13. The van der Waals surface area contributed by atoms with Crippen LogP contribution in [-0.2, 0) is 0 Å². The van der Waals surface area contributed by atoms with Crippen molar-refractivity contribution < 1.29 is 4.79 Å². The number of amidine groups is 1. The summed E-state index contributed by atoms with van der Waals surface area (Å²) in [7, 11) is 3.95. The zero-order valence-electron chi connectivity index (χ0n) is 13.3. The number of anilines is 2. The van der Waals surface area contributed by atoms with E-state index in [1.807, 2.05) is 67.5 Å². The quantitative estimate of drug-likeness (QED) is 0.911. The Balaban J connectivity index is 1.73. The lowest BCUT2D eigenvalue weighted by atomic mass is 10.1. The van der Waals surface area contributed by atoms with Crippen molar-refractivity contribution in [3.63, 3.8) is 0 Å². The van der Waals surface area contributed by atoms with Gasteiger partial charge in [0.1, 0.15) is 5.84 Å². The van der Waals surface area contributed by atoms with Gasteiger partial charge in [-0.2, -0.15) is 0 Å². The van der Waals surface area contributed by atoms with Crippen molar-refractivity contribution in [3.8, 4) is 0 Å². The topological polar surface area (TPSA) is 56.7 Å². The smallest absolute Gasteiger partial charge is 0.255 e. The van der Waals surface area contributed by atoms with Gasteiger partial charge in [0.25, 0.3) is 5.91 Å². The molecule has 1 aliphatic rings. The molecule has 3 rings (SSSR count). The molecule has 0 radical (unpaired) electrons. The Hall–Kier alpha value is -2.82. The first-order chi connectivity index (χ1) is 11.1. The summed E-state index contributed by atoms with van der Waals surface area (Å²) in [6, 6.07) is 15.2. The average Bonchev–Trinajstić information content (AvgIpc) is 3.10. The molecule has 0 aliphatic carbocycles. The standard InChI is InChI=1S/C18H20N4O/c1-22(2)16-8-6-13(7-9-16)18(23)21-15-5-3-4-14(12-15)17-19-10-11-20-17/h3-9,12H,10-11H2,1-2H3,(H,19,20)(H,21,23). The highest BCUT2D eigenvalue weighted by Crippen LogP contribution is 2.16. The highest BCUT2D eigenvalue weighted by molar-refractivity contribution is 6.06. The fourth-order valence-corrected chi connectivity index (χ4v) is 2.45. The maximum Gasteiger partial charge on any atom is 0.255 e. The number of carbonyl (C=O) groups excluding carboxylic acids is 1. The lowest BCUT2D eigenvalue weighted by Crippen LogP contribution is -2.20. The van der Waals surface area contributed by atoms with Crippen molar-refractivity contribution in [2.24, 2.45) is 4.99 Å². The van der Waals surface area contributed by atoms with Crippen LogP contribution < -0.4 is 15.5 Å². The van der Waals surface area contributed by atoms with Crippen LogP contribution in [-0.4, -0.2) is 38.9 Å². The third kappa shape index (κ3) is 3.51. The Morgan fingerprint density at radius 1 is 1.17 bits per heavy atom. The summed E-state index contributed by atoms with van der Waals surface area (Å²) in [6.45, 7) is 1.66. The van der Waals surface area contributed by atoms with Gasteiger partial charge in [0, 0.05) is 43.1 Å². The Kier molecular flexibility index (Phi) is 4.28. The third-order valence-corrected chi connectivity index (χ3v) is 3.71. The van der Waals surface area contributed by atoms with E-state index in [4.69, 9.17) is 0 Å². The average molecular weight is 308 g/mol. The Morgan fingerprint density at radius 2 is 1.96 bits per heavy atom. The Labute approximate surface area is 136 Å². The fraction of sp³-hybridized carbons (Fsp3) is 0.222. The Bertz CT molecular complexity index is 735. The molecule has 2 N–H and O–H groups in total. The largest absolute Gasteiger partial charge is 0.378 e. The summed E-state index contributed by atoms with van der Waals surface area (Å²) < 4.78 is 0. The molecular weight excluding hydrogens is 288 g/mol. The number of aliphatic imine (C=N–C) groups is 1. The van der Waals surface area contributed by atoms with E-state index in [2.05, 4.69) is 15.6 Å². The molecule has 1 amide bonds. The summed E-state index contributed by atoms with van der Waals surface area (Å²) in [4.78, 5) is 18.8. The number of nitrogens with zero attached hydrogens (tertiary/aromatic N) is 2. The van der Waals surface area contributed by atoms with Gasteiger partial charge < -0.3 is 15.5 Å². The SMILES string of the molecule is CN(C)c1ccc(C(=O)Nc2cccc(C3=NCCN3)c2)cc1. The molecule has 1 heterocycles. The molecule has 2 aromatic rings. The van der Waals surface area contributed by atoms with E-state index in [0.717, 1.165) is 35.9 Å². The minimum Gasteiger partial charge on any atom is -0.378 e. The molecule has 0 saturated carbocycles. The molecule has 0 spiro atoms. The first kappa shape index (κ1) is 15.1. The number of hydrogen-bond donors (Lipinski definition) is 2. The van der Waals surface area contributed by atoms with Crippen LogP contribution >= 0.6 is 0 Å². The van der Waals surface area contributed by atoms with Crippen molar-refractivity contribution in [2.45, 2.75) is 0 Å². The number of benzene rings is 2. The summed E-state index contributed by atoms with van der Waals surface area (Å²) >= 11 is 0. The first-order valence-electron chi connectivity index (χ1n) is 7.61. The van der Waals surface area contributed by atoms with Crippen LogP contribution in [0.25, 0.3) is 0 Å². The number of nitrogens with one attached hydrogen (secondary N) is 2. The first-order valence-corrected chi connectivity index (χ1v) is 7.61. The van der Waals surface area contributed by atoms with Crippen molar-refractivity contribution in [1.82, 2.24) is 5.32 Å². The molecule has 118 valence electrons. The van der Waals surface area contributed by atoms with Gasteiger partial charge in [-0.25, -0.2) is 0 Å². The number of carbonyl (C=O) groups is 1. The van der Waals surface area contributed by atoms with Crippen molar-refractivity contribution in [1.29, 1.82) is 0 Å².